The first-order valence-corrected chi connectivity index (χ1v) is 8.94. The van der Waals surface area contributed by atoms with Gasteiger partial charge in [-0.1, -0.05) is 24.3 Å². The number of thiophene rings is 1. The van der Waals surface area contributed by atoms with E-state index in [0.29, 0.717) is 6.54 Å². The molecule has 0 atom stereocenters. The molecule has 1 aliphatic carbocycles. The second kappa shape index (κ2) is 6.57. The van der Waals surface area contributed by atoms with Gasteiger partial charge in [-0.05, 0) is 42.0 Å². The third kappa shape index (κ3) is 2.97. The van der Waals surface area contributed by atoms with Gasteiger partial charge < -0.3 is 5.32 Å². The monoisotopic (exact) mass is 338 g/mol. The number of fused-ring (bicyclic) bond motifs is 3. The fourth-order valence-electron chi connectivity index (χ4n) is 3.06. The third-order valence-corrected chi connectivity index (χ3v) is 5.48. The summed E-state index contributed by atoms with van der Waals surface area (Å²) >= 11 is 1.60. The molecule has 1 aromatic carbocycles. The Morgan fingerprint density at radius 1 is 1.25 bits per heavy atom. The Bertz CT molecular complexity index is 854. The molecule has 2 heterocycles. The van der Waals surface area contributed by atoms with Gasteiger partial charge in [0.05, 0.1) is 4.88 Å². The normalized spacial score (nSPS) is 12.5. The highest BCUT2D eigenvalue weighted by atomic mass is 32.1. The Balaban J connectivity index is 1.40. The summed E-state index contributed by atoms with van der Waals surface area (Å²) in [6, 6.07) is 10.5. The molecule has 0 radical (unpaired) electrons. The average molecular weight is 338 g/mol. The fourth-order valence-corrected chi connectivity index (χ4v) is 4.25. The minimum absolute atomic E-state index is 0.0190. The summed E-state index contributed by atoms with van der Waals surface area (Å²) in [5.74, 6) is 0.0190. The first kappa shape index (κ1) is 15.1. The van der Waals surface area contributed by atoms with Crippen molar-refractivity contribution < 1.29 is 4.79 Å². The number of carbonyl (C=O) groups excluding carboxylic acids is 1. The molecule has 1 N–H and O–H groups in total. The van der Waals surface area contributed by atoms with Gasteiger partial charge in [0.1, 0.15) is 12.7 Å². The van der Waals surface area contributed by atoms with Crippen molar-refractivity contribution in [3.8, 4) is 10.4 Å². The highest BCUT2D eigenvalue weighted by Gasteiger charge is 2.21. The van der Waals surface area contributed by atoms with E-state index in [0.717, 1.165) is 30.7 Å². The second-order valence-corrected chi connectivity index (χ2v) is 6.94. The van der Waals surface area contributed by atoms with E-state index in [1.807, 2.05) is 0 Å². The molecule has 2 aromatic heterocycles. The molecule has 3 aromatic rings. The Labute approximate surface area is 144 Å². The van der Waals surface area contributed by atoms with Crippen LogP contribution in [0, 0.1) is 0 Å². The summed E-state index contributed by atoms with van der Waals surface area (Å²) in [7, 11) is 0. The molecule has 0 saturated heterocycles. The molecular weight excluding hydrogens is 320 g/mol. The van der Waals surface area contributed by atoms with E-state index < -0.39 is 0 Å². The summed E-state index contributed by atoms with van der Waals surface area (Å²) in [6.07, 6.45) is 6.11. The van der Waals surface area contributed by atoms with Crippen LogP contribution in [0.4, 0.5) is 0 Å². The maximum Gasteiger partial charge on any atom is 0.261 e. The molecule has 122 valence electrons. The number of carbonyl (C=O) groups is 1. The summed E-state index contributed by atoms with van der Waals surface area (Å²) in [5.41, 5.74) is 3.96. The minimum Gasteiger partial charge on any atom is -0.351 e. The molecule has 1 amide bonds. The number of nitrogens with zero attached hydrogens (tertiary/aromatic N) is 3. The lowest BCUT2D eigenvalue weighted by Gasteiger charge is -2.15. The topological polar surface area (TPSA) is 59.8 Å². The van der Waals surface area contributed by atoms with Crippen LogP contribution in [-0.4, -0.2) is 27.2 Å². The number of aromatic nitrogens is 3. The third-order valence-electron chi connectivity index (χ3n) is 4.27. The molecule has 4 rings (SSSR count). The molecule has 0 bridgehead atoms. The van der Waals surface area contributed by atoms with Gasteiger partial charge in [0.15, 0.2) is 0 Å². The van der Waals surface area contributed by atoms with Crippen molar-refractivity contribution in [2.45, 2.75) is 25.8 Å². The van der Waals surface area contributed by atoms with Crippen LogP contribution in [0.3, 0.4) is 0 Å². The first-order chi connectivity index (χ1) is 11.8. The second-order valence-electron chi connectivity index (χ2n) is 5.89. The van der Waals surface area contributed by atoms with E-state index in [1.54, 1.807) is 22.3 Å². The van der Waals surface area contributed by atoms with Crippen molar-refractivity contribution in [3.63, 3.8) is 0 Å². The predicted molar refractivity (Wildman–Crippen MR) is 94.1 cm³/mol. The van der Waals surface area contributed by atoms with Crippen LogP contribution in [-0.2, 0) is 19.4 Å². The van der Waals surface area contributed by atoms with Gasteiger partial charge in [0, 0.05) is 18.0 Å². The summed E-state index contributed by atoms with van der Waals surface area (Å²) in [5, 5.41) is 7.06. The van der Waals surface area contributed by atoms with Gasteiger partial charge in [0.2, 0.25) is 0 Å². The van der Waals surface area contributed by atoms with Gasteiger partial charge in [-0.15, -0.1) is 11.3 Å². The molecule has 1 aliphatic rings. The molecule has 0 unspecified atom stereocenters. The summed E-state index contributed by atoms with van der Waals surface area (Å²) < 4.78 is 1.77. The lowest BCUT2D eigenvalue weighted by atomic mass is 9.91. The van der Waals surface area contributed by atoms with E-state index in [9.17, 15) is 4.79 Å². The van der Waals surface area contributed by atoms with Crippen molar-refractivity contribution in [2.24, 2.45) is 0 Å². The summed E-state index contributed by atoms with van der Waals surface area (Å²) in [4.78, 5) is 18.4. The Kier molecular flexibility index (Phi) is 4.13. The van der Waals surface area contributed by atoms with E-state index in [1.165, 1.54) is 27.9 Å². The number of aryl methyl sites for hydroxylation is 3. The van der Waals surface area contributed by atoms with Crippen LogP contribution in [0.1, 0.15) is 27.2 Å². The highest BCUT2D eigenvalue weighted by molar-refractivity contribution is 7.17. The SMILES string of the molecule is O=C(NCCCn1cncn1)c1cc2c(s1)-c1ccccc1CC2. The first-order valence-electron chi connectivity index (χ1n) is 8.13. The van der Waals surface area contributed by atoms with Crippen LogP contribution in [0.2, 0.25) is 0 Å². The molecule has 24 heavy (non-hydrogen) atoms. The van der Waals surface area contributed by atoms with Crippen molar-refractivity contribution in [1.29, 1.82) is 0 Å². The molecule has 0 aliphatic heterocycles. The number of rotatable bonds is 5. The van der Waals surface area contributed by atoms with Gasteiger partial charge in [0.25, 0.3) is 5.91 Å². The minimum atomic E-state index is 0.0190. The van der Waals surface area contributed by atoms with Crippen LogP contribution < -0.4 is 5.32 Å². The van der Waals surface area contributed by atoms with Gasteiger partial charge in [-0.25, -0.2) is 4.98 Å². The zero-order chi connectivity index (χ0) is 16.4. The molecule has 6 heteroatoms. The number of hydrogen-bond donors (Lipinski definition) is 1. The molecule has 5 nitrogen and oxygen atoms in total. The summed E-state index contributed by atoms with van der Waals surface area (Å²) in [6.45, 7) is 1.40. The maximum absolute atomic E-state index is 12.4. The lowest BCUT2D eigenvalue weighted by Crippen LogP contribution is -2.24. The van der Waals surface area contributed by atoms with Gasteiger partial charge in [-0.2, -0.15) is 5.10 Å². The fraction of sp³-hybridized carbons (Fsp3) is 0.278. The number of nitrogens with one attached hydrogen (secondary N) is 1. The van der Waals surface area contributed by atoms with Crippen LogP contribution in [0.15, 0.2) is 43.0 Å². The van der Waals surface area contributed by atoms with Crippen LogP contribution >= 0.6 is 11.3 Å². The van der Waals surface area contributed by atoms with Crippen molar-refractivity contribution in [1.82, 2.24) is 20.1 Å². The smallest absolute Gasteiger partial charge is 0.261 e. The number of amides is 1. The molecule has 0 saturated carbocycles. The van der Waals surface area contributed by atoms with E-state index >= 15 is 0 Å². The highest BCUT2D eigenvalue weighted by Crippen LogP contribution is 2.39. The van der Waals surface area contributed by atoms with Crippen molar-refractivity contribution in [3.05, 3.63) is 59.0 Å². The van der Waals surface area contributed by atoms with Crippen LogP contribution in [0.25, 0.3) is 10.4 Å². The average Bonchev–Trinajstić information content (AvgIpc) is 3.28. The van der Waals surface area contributed by atoms with E-state index in [4.69, 9.17) is 0 Å². The maximum atomic E-state index is 12.4. The standard InChI is InChI=1S/C18H18N4OS/c23-18(20-8-3-9-22-12-19-11-21-22)16-10-14-7-6-13-4-1-2-5-15(13)17(14)24-16/h1-2,4-5,10-12H,3,6-9H2,(H,20,23). The zero-order valence-corrected chi connectivity index (χ0v) is 14.1. The van der Waals surface area contributed by atoms with Gasteiger partial charge >= 0.3 is 0 Å². The molecule has 0 spiro atoms. The van der Waals surface area contributed by atoms with E-state index in [-0.39, 0.29) is 5.91 Å². The van der Waals surface area contributed by atoms with Crippen molar-refractivity contribution >= 4 is 17.2 Å². The lowest BCUT2D eigenvalue weighted by molar-refractivity contribution is 0.0956. The van der Waals surface area contributed by atoms with E-state index in [2.05, 4.69) is 45.7 Å². The van der Waals surface area contributed by atoms with Crippen molar-refractivity contribution in [2.75, 3.05) is 6.54 Å². The molecule has 0 fully saturated rings. The number of benzene rings is 1. The largest absolute Gasteiger partial charge is 0.351 e. The molecular formula is C18H18N4OS. The predicted octanol–water partition coefficient (Wildman–Crippen LogP) is 2.93. The quantitative estimate of drug-likeness (QED) is 0.728. The Morgan fingerprint density at radius 3 is 3.00 bits per heavy atom. The zero-order valence-electron chi connectivity index (χ0n) is 13.2. The Morgan fingerprint density at radius 2 is 2.12 bits per heavy atom. The Hall–Kier alpha value is -2.47. The van der Waals surface area contributed by atoms with Gasteiger partial charge in [-0.3, -0.25) is 9.48 Å². The number of hydrogen-bond acceptors (Lipinski definition) is 4. The van der Waals surface area contributed by atoms with Crippen LogP contribution in [0.5, 0.6) is 0 Å².